The summed E-state index contributed by atoms with van der Waals surface area (Å²) in [6.07, 6.45) is 26.6. The van der Waals surface area contributed by atoms with Gasteiger partial charge in [-0.15, -0.1) is 0 Å². The van der Waals surface area contributed by atoms with E-state index in [-0.39, 0.29) is 0 Å². The van der Waals surface area contributed by atoms with Gasteiger partial charge in [0.15, 0.2) is 0 Å². The molecule has 0 atom stereocenters. The topological polar surface area (TPSA) is 26.3 Å². The summed E-state index contributed by atoms with van der Waals surface area (Å²) in [5, 5.41) is 0. The maximum absolute atomic E-state index is 11.8. The molecule has 0 aliphatic rings. The lowest BCUT2D eigenvalue weighted by molar-refractivity contribution is -0.119. The highest BCUT2D eigenvalue weighted by molar-refractivity contribution is 5.78. The minimum absolute atomic E-state index is 0.458. The molecule has 0 radical (unpaired) electrons. The molecule has 0 unspecified atom stereocenters. The van der Waals surface area contributed by atoms with E-state index in [0.29, 0.717) is 5.78 Å². The molecular weight excluding hydrogens is 320 g/mol. The number of ether oxygens (including phenoxy) is 1. The van der Waals surface area contributed by atoms with Crippen LogP contribution in [0, 0.1) is 0 Å². The number of Topliss-reactive ketones (excluding diaryl/α,β-unsaturated/α-hetero) is 1. The maximum atomic E-state index is 11.8. The van der Waals surface area contributed by atoms with E-state index >= 15 is 0 Å². The van der Waals surface area contributed by atoms with Gasteiger partial charge in [0.05, 0.1) is 0 Å². The number of hydrogen-bond donors (Lipinski definition) is 0. The van der Waals surface area contributed by atoms with Gasteiger partial charge in [-0.3, -0.25) is 4.79 Å². The first-order chi connectivity index (χ1) is 12.8. The molecule has 0 heterocycles. The summed E-state index contributed by atoms with van der Waals surface area (Å²) >= 11 is 0. The van der Waals surface area contributed by atoms with E-state index in [0.717, 1.165) is 45.1 Å². The minimum atomic E-state index is 0.458. The van der Waals surface area contributed by atoms with Crippen molar-refractivity contribution >= 4 is 5.78 Å². The molecule has 0 rings (SSSR count). The molecule has 0 aromatic rings. The first-order valence-corrected chi connectivity index (χ1v) is 11.5. The summed E-state index contributed by atoms with van der Waals surface area (Å²) in [5.41, 5.74) is 0. The fraction of sp³-hybridized carbons (Fsp3) is 0.875. The number of allylic oxidation sites excluding steroid dienone is 2. The highest BCUT2D eigenvalue weighted by Gasteiger charge is 2.01. The first kappa shape index (κ1) is 25.4. The molecule has 0 aromatic heterocycles. The van der Waals surface area contributed by atoms with Gasteiger partial charge in [0.2, 0.25) is 0 Å². The number of methoxy groups -OCH3 is 1. The van der Waals surface area contributed by atoms with E-state index in [1.165, 1.54) is 77.0 Å². The lowest BCUT2D eigenvalue weighted by atomic mass is 10.0. The number of carbonyl (C=O) groups excluding carboxylic acids is 1. The van der Waals surface area contributed by atoms with Gasteiger partial charge >= 0.3 is 0 Å². The fourth-order valence-corrected chi connectivity index (χ4v) is 3.26. The summed E-state index contributed by atoms with van der Waals surface area (Å²) in [7, 11) is 1.73. The van der Waals surface area contributed by atoms with Crippen LogP contribution in [0.25, 0.3) is 0 Å². The fourth-order valence-electron chi connectivity index (χ4n) is 3.26. The van der Waals surface area contributed by atoms with Crippen molar-refractivity contribution < 1.29 is 9.53 Å². The number of ketones is 1. The van der Waals surface area contributed by atoms with Crippen LogP contribution in [0.2, 0.25) is 0 Å². The van der Waals surface area contributed by atoms with Crippen LogP contribution >= 0.6 is 0 Å². The van der Waals surface area contributed by atoms with Gasteiger partial charge in [0.1, 0.15) is 5.78 Å². The van der Waals surface area contributed by atoms with E-state index in [1.807, 2.05) is 0 Å². The van der Waals surface area contributed by atoms with Crippen molar-refractivity contribution in [2.75, 3.05) is 13.7 Å². The normalized spacial score (nSPS) is 11.5. The largest absolute Gasteiger partial charge is 0.385 e. The van der Waals surface area contributed by atoms with Crippen LogP contribution in [0.3, 0.4) is 0 Å². The Bertz CT molecular complexity index is 309. The molecule has 0 aliphatic heterocycles. The van der Waals surface area contributed by atoms with Crippen molar-refractivity contribution in [3.63, 3.8) is 0 Å². The van der Waals surface area contributed by atoms with Crippen LogP contribution in [0.5, 0.6) is 0 Å². The second-order valence-corrected chi connectivity index (χ2v) is 7.68. The number of carbonyl (C=O) groups is 1. The van der Waals surface area contributed by atoms with E-state index in [1.54, 1.807) is 7.11 Å². The Labute approximate surface area is 164 Å². The van der Waals surface area contributed by atoms with Gasteiger partial charge in [-0.2, -0.15) is 0 Å². The van der Waals surface area contributed by atoms with E-state index in [9.17, 15) is 4.79 Å². The molecule has 0 fully saturated rings. The summed E-state index contributed by atoms with van der Waals surface area (Å²) in [6, 6.07) is 0. The van der Waals surface area contributed by atoms with Crippen molar-refractivity contribution in [2.45, 2.75) is 122 Å². The van der Waals surface area contributed by atoms with Crippen molar-refractivity contribution in [1.29, 1.82) is 0 Å². The third-order valence-corrected chi connectivity index (χ3v) is 5.02. The first-order valence-electron chi connectivity index (χ1n) is 11.5. The summed E-state index contributed by atoms with van der Waals surface area (Å²) < 4.78 is 5.02. The molecule has 0 saturated carbocycles. The van der Waals surface area contributed by atoms with Gasteiger partial charge in [-0.1, -0.05) is 76.9 Å². The predicted molar refractivity (Wildman–Crippen MR) is 115 cm³/mol. The van der Waals surface area contributed by atoms with Crippen LogP contribution in [0.4, 0.5) is 0 Å². The molecule has 154 valence electrons. The number of hydrogen-bond acceptors (Lipinski definition) is 2. The lowest BCUT2D eigenvalue weighted by Crippen LogP contribution is -1.98. The maximum Gasteiger partial charge on any atom is 0.132 e. The highest BCUT2D eigenvalue weighted by atomic mass is 16.5. The SMILES string of the molecule is CCCCCCCC/C=C\CCCCCCCC(=O)CCCCCOC. The second-order valence-electron chi connectivity index (χ2n) is 7.68. The molecular formula is C24H46O2. The zero-order valence-electron chi connectivity index (χ0n) is 17.9. The lowest BCUT2D eigenvalue weighted by Gasteiger charge is -2.02. The average Bonchev–Trinajstić information content (AvgIpc) is 2.64. The molecule has 2 nitrogen and oxygen atoms in total. The van der Waals surface area contributed by atoms with Gasteiger partial charge < -0.3 is 4.74 Å². The predicted octanol–water partition coefficient (Wildman–Crippen LogP) is 7.80. The van der Waals surface area contributed by atoms with Gasteiger partial charge in [-0.05, 0) is 44.9 Å². The molecule has 26 heavy (non-hydrogen) atoms. The van der Waals surface area contributed by atoms with Gasteiger partial charge in [-0.25, -0.2) is 0 Å². The second kappa shape index (κ2) is 22.4. The Balaban J connectivity index is 3.18. The molecule has 0 N–H and O–H groups in total. The highest BCUT2D eigenvalue weighted by Crippen LogP contribution is 2.11. The third-order valence-electron chi connectivity index (χ3n) is 5.02. The molecule has 2 heteroatoms. The monoisotopic (exact) mass is 366 g/mol. The smallest absolute Gasteiger partial charge is 0.132 e. The van der Waals surface area contributed by atoms with E-state index < -0.39 is 0 Å². The molecule has 0 aliphatic carbocycles. The van der Waals surface area contributed by atoms with Crippen molar-refractivity contribution in [1.82, 2.24) is 0 Å². The Kier molecular flexibility index (Phi) is 21.9. The van der Waals surface area contributed by atoms with Gasteiger partial charge in [0, 0.05) is 26.6 Å². The van der Waals surface area contributed by atoms with Crippen molar-refractivity contribution in [2.24, 2.45) is 0 Å². The van der Waals surface area contributed by atoms with Gasteiger partial charge in [0.25, 0.3) is 0 Å². The quantitative estimate of drug-likeness (QED) is 0.153. The molecule has 0 aromatic carbocycles. The van der Waals surface area contributed by atoms with E-state index in [4.69, 9.17) is 4.74 Å². The summed E-state index contributed by atoms with van der Waals surface area (Å²) in [5.74, 6) is 0.458. The minimum Gasteiger partial charge on any atom is -0.385 e. The molecule has 0 saturated heterocycles. The Morgan fingerprint density at radius 3 is 1.65 bits per heavy atom. The Morgan fingerprint density at radius 1 is 0.654 bits per heavy atom. The summed E-state index contributed by atoms with van der Waals surface area (Å²) in [6.45, 7) is 3.09. The van der Waals surface area contributed by atoms with Crippen LogP contribution in [-0.2, 0) is 9.53 Å². The summed E-state index contributed by atoms with van der Waals surface area (Å²) in [4.78, 5) is 11.8. The van der Waals surface area contributed by atoms with Crippen molar-refractivity contribution in [3.8, 4) is 0 Å². The molecule has 0 spiro atoms. The van der Waals surface area contributed by atoms with Crippen LogP contribution < -0.4 is 0 Å². The third kappa shape index (κ3) is 21.4. The molecule has 0 bridgehead atoms. The number of rotatable bonds is 21. The van der Waals surface area contributed by atoms with Crippen LogP contribution in [0.15, 0.2) is 12.2 Å². The Hall–Kier alpha value is -0.630. The molecule has 0 amide bonds. The van der Waals surface area contributed by atoms with Crippen molar-refractivity contribution in [3.05, 3.63) is 12.2 Å². The van der Waals surface area contributed by atoms with E-state index in [2.05, 4.69) is 19.1 Å². The zero-order valence-corrected chi connectivity index (χ0v) is 17.9. The van der Waals surface area contributed by atoms with Crippen LogP contribution in [0.1, 0.15) is 122 Å². The standard InChI is InChI=1S/C24H46O2/c1-3-4-5-6-7-8-9-10-11-12-13-14-15-16-18-21-24(25)22-19-17-20-23-26-2/h10-11H,3-9,12-23H2,1-2H3/b11-10-. The van der Waals surface area contributed by atoms with Crippen LogP contribution in [-0.4, -0.2) is 19.5 Å². The number of unbranched alkanes of at least 4 members (excludes halogenated alkanes) is 13. The zero-order chi connectivity index (χ0) is 19.1. The average molecular weight is 367 g/mol. The Morgan fingerprint density at radius 2 is 1.12 bits per heavy atom.